The van der Waals surface area contributed by atoms with Crippen LogP contribution in [0.15, 0.2) is 46.2 Å². The summed E-state index contributed by atoms with van der Waals surface area (Å²) >= 11 is 0. The molecule has 1 aliphatic heterocycles. The molecular weight excluding hydrogens is 373 g/mol. The van der Waals surface area contributed by atoms with Crippen molar-refractivity contribution in [2.24, 2.45) is 5.92 Å². The predicted molar refractivity (Wildman–Crippen MR) is 98.3 cm³/mol. The fourth-order valence-electron chi connectivity index (χ4n) is 2.95. The minimum absolute atomic E-state index is 0.0725. The number of ether oxygens (including phenoxy) is 1. The van der Waals surface area contributed by atoms with Crippen molar-refractivity contribution in [1.29, 1.82) is 0 Å². The number of rotatable bonds is 5. The number of hydrogen-bond donors (Lipinski definition) is 1. The van der Waals surface area contributed by atoms with E-state index in [4.69, 9.17) is 4.74 Å². The maximum atomic E-state index is 13.0. The van der Waals surface area contributed by atoms with Crippen LogP contribution in [0, 0.1) is 5.92 Å². The smallest absolute Gasteiger partial charge is 0.408 e. The molecule has 1 N–H and O–H groups in total. The summed E-state index contributed by atoms with van der Waals surface area (Å²) in [5.74, 6) is -0.472. The number of amides is 1. The second kappa shape index (κ2) is 7.11. The predicted octanol–water partition coefficient (Wildman–Crippen LogP) is 3.21. The Morgan fingerprint density at radius 3 is 2.52 bits per heavy atom. The second-order valence-electron chi connectivity index (χ2n) is 6.56. The number of fused-ring (bicyclic) bond motifs is 3. The van der Waals surface area contributed by atoms with Crippen LogP contribution in [0.25, 0.3) is 16.8 Å². The zero-order valence-corrected chi connectivity index (χ0v) is 15.5. The molecule has 1 atom stereocenters. The lowest BCUT2D eigenvalue weighted by Crippen LogP contribution is -2.43. The van der Waals surface area contributed by atoms with Gasteiger partial charge in [0.25, 0.3) is 0 Å². The number of carbonyl (C=O) groups is 2. The molecule has 0 unspecified atom stereocenters. The van der Waals surface area contributed by atoms with Crippen molar-refractivity contribution < 1.29 is 27.1 Å². The summed E-state index contributed by atoms with van der Waals surface area (Å²) < 4.78 is 43.2. The standard InChI is InChI=1S/C19H18FNO5S/c1-11(2)17(18(20)22)21-19(23)26-10-13-9-15-14-6-4-3-5-12(14)7-8-16(15)27(13,24)25/h3-9,11,17H,10H2,1-2H3,(H,21,23)/t17-/m0/s1. The number of hydrogen-bond acceptors (Lipinski definition) is 5. The molecule has 1 heterocycles. The summed E-state index contributed by atoms with van der Waals surface area (Å²) in [5.41, 5.74) is 0.547. The zero-order chi connectivity index (χ0) is 19.8. The highest BCUT2D eigenvalue weighted by Gasteiger charge is 2.32. The lowest BCUT2D eigenvalue weighted by Gasteiger charge is -2.17. The van der Waals surface area contributed by atoms with E-state index in [9.17, 15) is 22.4 Å². The van der Waals surface area contributed by atoms with Gasteiger partial charge in [0, 0.05) is 5.56 Å². The van der Waals surface area contributed by atoms with E-state index in [1.807, 2.05) is 24.3 Å². The van der Waals surface area contributed by atoms with E-state index in [-0.39, 0.29) is 9.80 Å². The molecule has 1 amide bonds. The average Bonchev–Trinajstić information content (AvgIpc) is 2.88. The third kappa shape index (κ3) is 3.57. The summed E-state index contributed by atoms with van der Waals surface area (Å²) in [6.07, 6.45) is 0.414. The molecule has 0 spiro atoms. The highest BCUT2D eigenvalue weighted by molar-refractivity contribution is 7.95. The van der Waals surface area contributed by atoms with Crippen LogP contribution in [0.4, 0.5) is 9.18 Å². The molecule has 0 saturated heterocycles. The molecular formula is C19H18FNO5S. The zero-order valence-electron chi connectivity index (χ0n) is 14.7. The highest BCUT2D eigenvalue weighted by Crippen LogP contribution is 2.37. The summed E-state index contributed by atoms with van der Waals surface area (Å²) in [6, 6.07) is 7.57. The molecule has 142 valence electrons. The lowest BCUT2D eigenvalue weighted by atomic mass is 10.0. The maximum absolute atomic E-state index is 13.0. The monoisotopic (exact) mass is 391 g/mol. The van der Waals surface area contributed by atoms with E-state index < -0.39 is 40.5 Å². The Labute approximate surface area is 155 Å². The minimum Gasteiger partial charge on any atom is -0.444 e. The largest absolute Gasteiger partial charge is 0.444 e. The van der Waals surface area contributed by atoms with Crippen LogP contribution in [0.1, 0.15) is 19.4 Å². The Hall–Kier alpha value is -2.74. The summed E-state index contributed by atoms with van der Waals surface area (Å²) in [6.45, 7) is 2.62. The molecule has 1 aliphatic rings. The normalized spacial score (nSPS) is 15.9. The van der Waals surface area contributed by atoms with Crippen molar-refractivity contribution in [2.45, 2.75) is 24.8 Å². The van der Waals surface area contributed by atoms with E-state index >= 15 is 0 Å². The van der Waals surface area contributed by atoms with Gasteiger partial charge in [0.1, 0.15) is 12.6 Å². The molecule has 3 rings (SSSR count). The number of carbonyl (C=O) groups excluding carboxylic acids is 2. The molecule has 0 fully saturated rings. The first kappa shape index (κ1) is 19.0. The van der Waals surface area contributed by atoms with Crippen molar-refractivity contribution >= 4 is 38.8 Å². The fourth-order valence-corrected chi connectivity index (χ4v) is 4.42. The van der Waals surface area contributed by atoms with E-state index in [0.29, 0.717) is 5.56 Å². The molecule has 27 heavy (non-hydrogen) atoms. The Morgan fingerprint density at radius 1 is 1.15 bits per heavy atom. The van der Waals surface area contributed by atoms with Crippen molar-refractivity contribution in [1.82, 2.24) is 5.32 Å². The first-order valence-corrected chi connectivity index (χ1v) is 9.80. The molecule has 0 saturated carbocycles. The Kier molecular flexibility index (Phi) is 5.01. The number of nitrogens with one attached hydrogen (secondary N) is 1. The molecule has 2 aromatic carbocycles. The van der Waals surface area contributed by atoms with Crippen LogP contribution in [0.5, 0.6) is 0 Å². The number of alkyl carbamates (subject to hydrolysis) is 1. The Bertz CT molecular complexity index is 1060. The molecule has 0 bridgehead atoms. The maximum Gasteiger partial charge on any atom is 0.408 e. The first-order valence-electron chi connectivity index (χ1n) is 8.32. The highest BCUT2D eigenvalue weighted by atomic mass is 32.2. The van der Waals surface area contributed by atoms with Crippen LogP contribution in [0.3, 0.4) is 0 Å². The molecule has 8 heteroatoms. The van der Waals surface area contributed by atoms with E-state index in [1.54, 1.807) is 19.9 Å². The third-order valence-corrected chi connectivity index (χ3v) is 6.26. The van der Waals surface area contributed by atoms with Crippen LogP contribution >= 0.6 is 0 Å². The van der Waals surface area contributed by atoms with Gasteiger partial charge >= 0.3 is 12.1 Å². The van der Waals surface area contributed by atoms with Gasteiger partial charge in [-0.3, -0.25) is 4.79 Å². The fraction of sp³-hybridized carbons (Fsp3) is 0.263. The van der Waals surface area contributed by atoms with Crippen LogP contribution in [-0.2, 0) is 19.4 Å². The molecule has 0 radical (unpaired) electrons. The van der Waals surface area contributed by atoms with E-state index in [1.165, 1.54) is 12.1 Å². The van der Waals surface area contributed by atoms with Gasteiger partial charge in [-0.05, 0) is 28.8 Å². The lowest BCUT2D eigenvalue weighted by molar-refractivity contribution is -0.132. The van der Waals surface area contributed by atoms with Gasteiger partial charge in [-0.15, -0.1) is 0 Å². The number of sulfone groups is 1. The van der Waals surface area contributed by atoms with Gasteiger partial charge in [-0.25, -0.2) is 13.2 Å². The van der Waals surface area contributed by atoms with Crippen molar-refractivity contribution in [3.8, 4) is 0 Å². The van der Waals surface area contributed by atoms with Gasteiger partial charge in [-0.2, -0.15) is 4.39 Å². The van der Waals surface area contributed by atoms with Gasteiger partial charge in [0.15, 0.2) is 0 Å². The quantitative estimate of drug-likeness (QED) is 0.791. The van der Waals surface area contributed by atoms with Crippen LogP contribution in [0.2, 0.25) is 0 Å². The Balaban J connectivity index is 1.80. The van der Waals surface area contributed by atoms with E-state index in [2.05, 4.69) is 5.32 Å². The molecule has 2 aromatic rings. The molecule has 0 aliphatic carbocycles. The van der Waals surface area contributed by atoms with Crippen LogP contribution < -0.4 is 5.32 Å². The van der Waals surface area contributed by atoms with Gasteiger partial charge in [0.2, 0.25) is 9.84 Å². The minimum atomic E-state index is -3.78. The van der Waals surface area contributed by atoms with Crippen molar-refractivity contribution in [3.63, 3.8) is 0 Å². The second-order valence-corrected chi connectivity index (χ2v) is 8.53. The van der Waals surface area contributed by atoms with Crippen LogP contribution in [-0.4, -0.2) is 33.2 Å². The van der Waals surface area contributed by atoms with E-state index in [0.717, 1.165) is 10.8 Å². The van der Waals surface area contributed by atoms with Crippen molar-refractivity contribution in [2.75, 3.05) is 6.61 Å². The number of benzene rings is 2. The first-order chi connectivity index (χ1) is 12.7. The number of halogens is 1. The third-order valence-electron chi connectivity index (χ3n) is 4.40. The molecule has 0 aromatic heterocycles. The SMILES string of the molecule is CC(C)[C@H](NC(=O)OCC1=Cc2c(ccc3ccccc23)S1(=O)=O)C(=O)F. The summed E-state index contributed by atoms with van der Waals surface area (Å²) in [5, 5.41) is 3.78. The van der Waals surface area contributed by atoms with Gasteiger partial charge in [-0.1, -0.05) is 44.2 Å². The average molecular weight is 391 g/mol. The van der Waals surface area contributed by atoms with Crippen molar-refractivity contribution in [3.05, 3.63) is 46.9 Å². The van der Waals surface area contributed by atoms with Gasteiger partial charge in [0.05, 0.1) is 9.80 Å². The molecule has 6 nitrogen and oxygen atoms in total. The topological polar surface area (TPSA) is 89.5 Å². The Morgan fingerprint density at radius 2 is 1.85 bits per heavy atom. The van der Waals surface area contributed by atoms with Gasteiger partial charge < -0.3 is 10.1 Å². The summed E-state index contributed by atoms with van der Waals surface area (Å²) in [7, 11) is -3.78. The summed E-state index contributed by atoms with van der Waals surface area (Å²) in [4.78, 5) is 22.8.